The normalized spacial score (nSPS) is 20.0. The van der Waals surface area contributed by atoms with E-state index in [-0.39, 0.29) is 11.3 Å². The third-order valence-corrected chi connectivity index (χ3v) is 3.63. The monoisotopic (exact) mass is 298 g/mol. The number of methoxy groups -OCH3 is 1. The maximum atomic E-state index is 12.5. The van der Waals surface area contributed by atoms with Crippen LogP contribution in [0.5, 0.6) is 0 Å². The van der Waals surface area contributed by atoms with Crippen LogP contribution in [0.3, 0.4) is 0 Å². The van der Waals surface area contributed by atoms with Gasteiger partial charge in [-0.05, 0) is 25.5 Å². The van der Waals surface area contributed by atoms with Gasteiger partial charge in [-0.1, -0.05) is 36.4 Å². The van der Waals surface area contributed by atoms with Gasteiger partial charge in [-0.2, -0.15) is 0 Å². The number of Topliss-reactive ketones (excluding diaryl/α,β-unsaturated/α-hetero) is 1. The van der Waals surface area contributed by atoms with E-state index in [1.807, 2.05) is 30.3 Å². The minimum absolute atomic E-state index is 0.210. The van der Waals surface area contributed by atoms with Crippen LogP contribution in [-0.2, 0) is 14.3 Å². The molecule has 0 fully saturated rings. The molecule has 1 aliphatic carbocycles. The first-order valence-electron chi connectivity index (χ1n) is 6.89. The van der Waals surface area contributed by atoms with Crippen molar-refractivity contribution >= 4 is 17.6 Å². The van der Waals surface area contributed by atoms with Gasteiger partial charge in [0, 0.05) is 6.08 Å². The highest BCUT2D eigenvalue weighted by atomic mass is 16.5. The SMILES string of the molecule is COC1=CC(=O)/C(=C(O)/C=C/c2ccccc2)C(=O)C1(C)C. The van der Waals surface area contributed by atoms with Crippen LogP contribution in [0.2, 0.25) is 0 Å². The quantitative estimate of drug-likeness (QED) is 0.528. The van der Waals surface area contributed by atoms with E-state index in [9.17, 15) is 14.7 Å². The zero-order chi connectivity index (χ0) is 16.3. The van der Waals surface area contributed by atoms with Gasteiger partial charge < -0.3 is 9.84 Å². The van der Waals surface area contributed by atoms with Crippen LogP contribution in [0, 0.1) is 5.41 Å². The zero-order valence-corrected chi connectivity index (χ0v) is 12.8. The molecular formula is C18H18O4. The standard InChI is InChI=1S/C18H18O4/c1-18(2)15(22-3)11-14(20)16(17(18)21)13(19)10-9-12-7-5-4-6-8-12/h4-11,19H,1-3H3/b10-9+,16-13+. The number of hydrogen-bond donors (Lipinski definition) is 1. The summed E-state index contributed by atoms with van der Waals surface area (Å²) in [6.07, 6.45) is 4.26. The van der Waals surface area contributed by atoms with Crippen molar-refractivity contribution < 1.29 is 19.4 Å². The van der Waals surface area contributed by atoms with Crippen LogP contribution >= 0.6 is 0 Å². The highest BCUT2D eigenvalue weighted by Crippen LogP contribution is 2.36. The van der Waals surface area contributed by atoms with Gasteiger partial charge in [0.1, 0.15) is 17.1 Å². The molecule has 1 aromatic carbocycles. The summed E-state index contributed by atoms with van der Waals surface area (Å²) in [4.78, 5) is 24.6. The number of benzene rings is 1. The predicted octanol–water partition coefficient (Wildman–Crippen LogP) is 3.22. The largest absolute Gasteiger partial charge is 0.507 e. The number of rotatable bonds is 3. The number of allylic oxidation sites excluding steroid dienone is 4. The summed E-state index contributed by atoms with van der Waals surface area (Å²) in [7, 11) is 1.41. The van der Waals surface area contributed by atoms with Gasteiger partial charge in [0.05, 0.1) is 12.5 Å². The molecule has 0 saturated heterocycles. The van der Waals surface area contributed by atoms with E-state index in [1.165, 1.54) is 19.3 Å². The Kier molecular flexibility index (Phi) is 4.31. The molecule has 4 heteroatoms. The zero-order valence-electron chi connectivity index (χ0n) is 12.8. The smallest absolute Gasteiger partial charge is 0.196 e. The van der Waals surface area contributed by atoms with Crippen molar-refractivity contribution in [3.63, 3.8) is 0 Å². The minimum atomic E-state index is -0.980. The van der Waals surface area contributed by atoms with Gasteiger partial charge >= 0.3 is 0 Å². The Bertz CT molecular complexity index is 691. The van der Waals surface area contributed by atoms with E-state index in [4.69, 9.17) is 4.74 Å². The van der Waals surface area contributed by atoms with E-state index in [1.54, 1.807) is 19.9 Å². The fraction of sp³-hybridized carbons (Fsp3) is 0.222. The van der Waals surface area contributed by atoms with Crippen molar-refractivity contribution in [1.29, 1.82) is 0 Å². The highest BCUT2D eigenvalue weighted by Gasteiger charge is 2.43. The van der Waals surface area contributed by atoms with E-state index in [2.05, 4.69) is 0 Å². The number of carbonyl (C=O) groups excluding carboxylic acids is 2. The summed E-state index contributed by atoms with van der Waals surface area (Å²) >= 11 is 0. The van der Waals surface area contributed by atoms with Crippen molar-refractivity contribution in [2.24, 2.45) is 5.41 Å². The van der Waals surface area contributed by atoms with E-state index in [0.717, 1.165) is 5.56 Å². The van der Waals surface area contributed by atoms with Crippen molar-refractivity contribution in [3.05, 3.63) is 65.1 Å². The molecule has 22 heavy (non-hydrogen) atoms. The molecule has 0 bridgehead atoms. The lowest BCUT2D eigenvalue weighted by Crippen LogP contribution is -2.36. The highest BCUT2D eigenvalue weighted by molar-refractivity contribution is 6.29. The maximum Gasteiger partial charge on any atom is 0.196 e. The molecule has 0 saturated carbocycles. The van der Waals surface area contributed by atoms with Crippen LogP contribution in [0.25, 0.3) is 6.08 Å². The van der Waals surface area contributed by atoms with Crippen LogP contribution < -0.4 is 0 Å². The van der Waals surface area contributed by atoms with Crippen LogP contribution in [0.15, 0.2) is 59.6 Å². The summed E-state index contributed by atoms with van der Waals surface area (Å²) in [5.74, 6) is -1.03. The molecular weight excluding hydrogens is 280 g/mol. The molecule has 2 rings (SSSR count). The molecule has 1 aliphatic rings. The third kappa shape index (κ3) is 2.86. The number of ketones is 2. The second-order valence-corrected chi connectivity index (χ2v) is 5.54. The van der Waals surface area contributed by atoms with E-state index in [0.29, 0.717) is 5.76 Å². The first-order valence-corrected chi connectivity index (χ1v) is 6.89. The Morgan fingerprint density at radius 3 is 2.41 bits per heavy atom. The number of carbonyl (C=O) groups is 2. The molecule has 0 amide bonds. The number of hydrogen-bond acceptors (Lipinski definition) is 4. The van der Waals surface area contributed by atoms with Crippen LogP contribution in [-0.4, -0.2) is 23.8 Å². The number of aliphatic hydroxyl groups excluding tert-OH is 1. The molecule has 0 unspecified atom stereocenters. The molecule has 114 valence electrons. The lowest BCUT2D eigenvalue weighted by molar-refractivity contribution is -0.127. The van der Waals surface area contributed by atoms with Crippen LogP contribution in [0.4, 0.5) is 0 Å². The number of aliphatic hydroxyl groups is 1. The summed E-state index contributed by atoms with van der Waals surface area (Å²) in [5.41, 5.74) is -0.331. The Hall–Kier alpha value is -2.62. The third-order valence-electron chi connectivity index (χ3n) is 3.63. The summed E-state index contributed by atoms with van der Waals surface area (Å²) in [6, 6.07) is 9.30. The molecule has 0 heterocycles. The Morgan fingerprint density at radius 1 is 1.18 bits per heavy atom. The van der Waals surface area contributed by atoms with Crippen LogP contribution in [0.1, 0.15) is 19.4 Å². The van der Waals surface area contributed by atoms with Gasteiger partial charge in [0.2, 0.25) is 0 Å². The number of ether oxygens (including phenoxy) is 1. The van der Waals surface area contributed by atoms with Gasteiger partial charge in [0.25, 0.3) is 0 Å². The first-order chi connectivity index (χ1) is 10.4. The predicted molar refractivity (Wildman–Crippen MR) is 84.0 cm³/mol. The molecule has 1 aromatic rings. The molecule has 4 nitrogen and oxygen atoms in total. The van der Waals surface area contributed by atoms with Gasteiger partial charge in [-0.15, -0.1) is 0 Å². The van der Waals surface area contributed by atoms with Crippen molar-refractivity contribution in [2.45, 2.75) is 13.8 Å². The molecule has 0 spiro atoms. The fourth-order valence-electron chi connectivity index (χ4n) is 2.29. The van der Waals surface area contributed by atoms with Crippen molar-refractivity contribution in [2.75, 3.05) is 7.11 Å². The maximum absolute atomic E-state index is 12.5. The Labute approximate surface area is 129 Å². The fourth-order valence-corrected chi connectivity index (χ4v) is 2.29. The average Bonchev–Trinajstić information content (AvgIpc) is 2.50. The van der Waals surface area contributed by atoms with E-state index < -0.39 is 17.0 Å². The topological polar surface area (TPSA) is 63.6 Å². The van der Waals surface area contributed by atoms with Gasteiger partial charge in [0.15, 0.2) is 11.6 Å². The molecule has 0 aromatic heterocycles. The lowest BCUT2D eigenvalue weighted by atomic mass is 9.76. The molecule has 0 radical (unpaired) electrons. The van der Waals surface area contributed by atoms with E-state index >= 15 is 0 Å². The average molecular weight is 298 g/mol. The second-order valence-electron chi connectivity index (χ2n) is 5.54. The molecule has 0 atom stereocenters. The first kappa shape index (κ1) is 15.8. The summed E-state index contributed by atoms with van der Waals surface area (Å²) < 4.78 is 5.10. The molecule has 0 aliphatic heterocycles. The summed E-state index contributed by atoms with van der Waals surface area (Å²) in [6.45, 7) is 3.32. The van der Waals surface area contributed by atoms with Crippen molar-refractivity contribution in [3.8, 4) is 0 Å². The Morgan fingerprint density at radius 2 is 1.82 bits per heavy atom. The second kappa shape index (κ2) is 6.02. The lowest BCUT2D eigenvalue weighted by Gasteiger charge is -2.29. The minimum Gasteiger partial charge on any atom is -0.507 e. The van der Waals surface area contributed by atoms with Gasteiger partial charge in [-0.25, -0.2) is 0 Å². The molecule has 1 N–H and O–H groups in total. The Balaban J connectivity index is 2.42. The van der Waals surface area contributed by atoms with Gasteiger partial charge in [-0.3, -0.25) is 9.59 Å². The summed E-state index contributed by atoms with van der Waals surface area (Å²) in [5, 5.41) is 10.1. The van der Waals surface area contributed by atoms with Crippen molar-refractivity contribution in [1.82, 2.24) is 0 Å².